The predicted octanol–water partition coefficient (Wildman–Crippen LogP) is 4.03. The van der Waals surface area contributed by atoms with E-state index >= 15 is 0 Å². The minimum atomic E-state index is -0.615. The molecule has 3 unspecified atom stereocenters. The number of ether oxygens (including phenoxy) is 1. The Bertz CT molecular complexity index is 805. The van der Waals surface area contributed by atoms with E-state index in [2.05, 4.69) is 10.6 Å². The lowest BCUT2D eigenvalue weighted by Crippen LogP contribution is -2.50. The summed E-state index contributed by atoms with van der Waals surface area (Å²) in [4.78, 5) is 25.6. The van der Waals surface area contributed by atoms with Crippen molar-refractivity contribution in [2.75, 3.05) is 7.11 Å². The van der Waals surface area contributed by atoms with Gasteiger partial charge in [-0.05, 0) is 38.0 Å². The first-order valence-corrected chi connectivity index (χ1v) is 9.68. The highest BCUT2D eigenvalue weighted by Gasteiger charge is 2.28. The van der Waals surface area contributed by atoms with Crippen LogP contribution in [0.15, 0.2) is 48.5 Å². The largest absolute Gasteiger partial charge is 0.496 e. The van der Waals surface area contributed by atoms with Gasteiger partial charge < -0.3 is 15.4 Å². The number of rotatable bonds is 8. The molecule has 150 valence electrons. The van der Waals surface area contributed by atoms with Crippen LogP contribution < -0.4 is 15.4 Å². The molecule has 0 aliphatic carbocycles. The smallest absolute Gasteiger partial charge is 0.251 e. The lowest BCUT2D eigenvalue weighted by molar-refractivity contribution is -0.124. The molecule has 0 fully saturated rings. The number of amides is 2. The summed E-state index contributed by atoms with van der Waals surface area (Å²) in [5, 5.41) is 5.93. The number of carbonyl (C=O) groups excluding carboxylic acids is 2. The Morgan fingerprint density at radius 3 is 2.32 bits per heavy atom. The molecule has 5 nitrogen and oxygen atoms in total. The molecule has 28 heavy (non-hydrogen) atoms. The van der Waals surface area contributed by atoms with Crippen molar-refractivity contribution in [1.82, 2.24) is 10.6 Å². The maximum Gasteiger partial charge on any atom is 0.251 e. The van der Waals surface area contributed by atoms with E-state index in [1.165, 1.54) is 0 Å². The summed E-state index contributed by atoms with van der Waals surface area (Å²) in [5.74, 6) is 0.280. The fourth-order valence-corrected chi connectivity index (χ4v) is 3.09. The van der Waals surface area contributed by atoms with Crippen LogP contribution in [-0.2, 0) is 4.79 Å². The summed E-state index contributed by atoms with van der Waals surface area (Å²) < 4.78 is 5.43. The zero-order valence-corrected chi connectivity index (χ0v) is 17.3. The van der Waals surface area contributed by atoms with E-state index in [0.29, 0.717) is 5.56 Å². The lowest BCUT2D eigenvalue weighted by Gasteiger charge is -2.26. The first kappa shape index (κ1) is 21.5. The monoisotopic (exact) mass is 382 g/mol. The van der Waals surface area contributed by atoms with E-state index in [0.717, 1.165) is 23.3 Å². The molecule has 0 aliphatic heterocycles. The first-order chi connectivity index (χ1) is 13.4. The van der Waals surface area contributed by atoms with Gasteiger partial charge in [-0.15, -0.1) is 0 Å². The van der Waals surface area contributed by atoms with Gasteiger partial charge >= 0.3 is 0 Å². The number of hydrogen-bond acceptors (Lipinski definition) is 3. The molecule has 2 rings (SSSR count). The summed E-state index contributed by atoms with van der Waals surface area (Å²) in [7, 11) is 1.62. The predicted molar refractivity (Wildman–Crippen MR) is 111 cm³/mol. The van der Waals surface area contributed by atoms with Crippen molar-refractivity contribution in [2.45, 2.75) is 46.2 Å². The van der Waals surface area contributed by atoms with Gasteiger partial charge in [0.05, 0.1) is 13.2 Å². The molecule has 2 aromatic carbocycles. The zero-order valence-electron chi connectivity index (χ0n) is 17.3. The van der Waals surface area contributed by atoms with Gasteiger partial charge in [-0.1, -0.05) is 56.2 Å². The van der Waals surface area contributed by atoms with Gasteiger partial charge in [0.15, 0.2) is 0 Å². The highest BCUT2D eigenvalue weighted by atomic mass is 16.5. The van der Waals surface area contributed by atoms with E-state index in [4.69, 9.17) is 4.74 Å². The van der Waals surface area contributed by atoms with Crippen molar-refractivity contribution in [3.05, 3.63) is 65.2 Å². The third-order valence-corrected chi connectivity index (χ3v) is 5.03. The standard InChI is InChI=1S/C23H30N2O3/c1-6-16(3)21(25-22(26)18-10-8-7-9-11-18)23(27)24-17(4)19-14-15(2)12-13-20(19)28-5/h7-14,16-17,21H,6H2,1-5H3,(H,24,27)(H,25,26). The molecular weight excluding hydrogens is 352 g/mol. The van der Waals surface area contributed by atoms with Gasteiger partial charge in [-0.2, -0.15) is 0 Å². The second-order valence-electron chi connectivity index (χ2n) is 7.18. The van der Waals surface area contributed by atoms with Crippen molar-refractivity contribution in [1.29, 1.82) is 0 Å². The molecule has 0 aromatic heterocycles. The summed E-state index contributed by atoms with van der Waals surface area (Å²) in [6.07, 6.45) is 0.773. The number of nitrogens with one attached hydrogen (secondary N) is 2. The second-order valence-corrected chi connectivity index (χ2v) is 7.18. The quantitative estimate of drug-likeness (QED) is 0.724. The molecule has 5 heteroatoms. The van der Waals surface area contributed by atoms with E-state index < -0.39 is 6.04 Å². The van der Waals surface area contributed by atoms with Crippen LogP contribution in [0.25, 0.3) is 0 Å². The average molecular weight is 383 g/mol. The molecule has 0 spiro atoms. The molecule has 2 amide bonds. The normalized spacial score (nSPS) is 13.9. The third-order valence-electron chi connectivity index (χ3n) is 5.03. The van der Waals surface area contributed by atoms with Gasteiger partial charge in [-0.25, -0.2) is 0 Å². The Hall–Kier alpha value is -2.82. The molecule has 0 saturated heterocycles. The molecule has 0 radical (unpaired) electrons. The Morgan fingerprint density at radius 2 is 1.71 bits per heavy atom. The van der Waals surface area contributed by atoms with Crippen LogP contribution in [0.5, 0.6) is 5.75 Å². The Morgan fingerprint density at radius 1 is 1.04 bits per heavy atom. The highest BCUT2D eigenvalue weighted by Crippen LogP contribution is 2.26. The Labute approximate surface area is 167 Å². The topological polar surface area (TPSA) is 67.4 Å². The minimum absolute atomic E-state index is 0.000678. The Balaban J connectivity index is 2.17. The molecule has 3 atom stereocenters. The van der Waals surface area contributed by atoms with Crippen molar-refractivity contribution in [3.8, 4) is 5.75 Å². The van der Waals surface area contributed by atoms with Crippen molar-refractivity contribution in [3.63, 3.8) is 0 Å². The fourth-order valence-electron chi connectivity index (χ4n) is 3.09. The molecular formula is C23H30N2O3. The van der Waals surface area contributed by atoms with E-state index in [9.17, 15) is 9.59 Å². The first-order valence-electron chi connectivity index (χ1n) is 9.68. The highest BCUT2D eigenvalue weighted by molar-refractivity contribution is 5.97. The maximum absolute atomic E-state index is 13.0. The number of carbonyl (C=O) groups is 2. The second kappa shape index (κ2) is 9.93. The average Bonchev–Trinajstić information content (AvgIpc) is 2.71. The summed E-state index contributed by atoms with van der Waals surface area (Å²) >= 11 is 0. The van der Waals surface area contributed by atoms with Gasteiger partial charge in [0.2, 0.25) is 5.91 Å². The zero-order chi connectivity index (χ0) is 20.7. The van der Waals surface area contributed by atoms with E-state index in [1.807, 2.05) is 52.0 Å². The van der Waals surface area contributed by atoms with Crippen LogP contribution >= 0.6 is 0 Å². The third kappa shape index (κ3) is 5.35. The molecule has 2 aromatic rings. The van der Waals surface area contributed by atoms with E-state index in [1.54, 1.807) is 31.4 Å². The summed E-state index contributed by atoms with van der Waals surface area (Å²) in [6.45, 7) is 7.89. The SMILES string of the molecule is CCC(C)C(NC(=O)c1ccccc1)C(=O)NC(C)c1cc(C)ccc1OC. The van der Waals surface area contributed by atoms with Gasteiger partial charge in [0.1, 0.15) is 11.8 Å². The minimum Gasteiger partial charge on any atom is -0.496 e. The number of aryl methyl sites for hydroxylation is 1. The van der Waals surface area contributed by atoms with Gasteiger partial charge in [-0.3, -0.25) is 9.59 Å². The van der Waals surface area contributed by atoms with Crippen molar-refractivity contribution < 1.29 is 14.3 Å². The van der Waals surface area contributed by atoms with Crippen LogP contribution in [0.4, 0.5) is 0 Å². The van der Waals surface area contributed by atoms with E-state index in [-0.39, 0.29) is 23.8 Å². The van der Waals surface area contributed by atoms with Crippen LogP contribution in [-0.4, -0.2) is 25.0 Å². The number of hydrogen-bond donors (Lipinski definition) is 2. The van der Waals surface area contributed by atoms with Crippen LogP contribution in [0, 0.1) is 12.8 Å². The molecule has 0 aliphatic rings. The van der Waals surface area contributed by atoms with Crippen molar-refractivity contribution in [2.24, 2.45) is 5.92 Å². The van der Waals surface area contributed by atoms with Crippen LogP contribution in [0.2, 0.25) is 0 Å². The summed E-state index contributed by atoms with van der Waals surface area (Å²) in [6, 6.07) is 14.0. The lowest BCUT2D eigenvalue weighted by atomic mass is 9.96. The fraction of sp³-hybridized carbons (Fsp3) is 0.391. The van der Waals surface area contributed by atoms with Crippen LogP contribution in [0.3, 0.4) is 0 Å². The van der Waals surface area contributed by atoms with Gasteiger partial charge in [0.25, 0.3) is 5.91 Å². The number of methoxy groups -OCH3 is 1. The summed E-state index contributed by atoms with van der Waals surface area (Å²) in [5.41, 5.74) is 2.54. The Kier molecular flexibility index (Phi) is 7.61. The molecule has 0 heterocycles. The number of benzene rings is 2. The van der Waals surface area contributed by atoms with Crippen LogP contribution in [0.1, 0.15) is 54.7 Å². The van der Waals surface area contributed by atoms with Gasteiger partial charge in [0, 0.05) is 11.1 Å². The van der Waals surface area contributed by atoms with Crippen molar-refractivity contribution >= 4 is 11.8 Å². The maximum atomic E-state index is 13.0. The molecule has 2 N–H and O–H groups in total. The molecule has 0 bridgehead atoms. The molecule has 0 saturated carbocycles.